The first kappa shape index (κ1) is 14.9. The van der Waals surface area contributed by atoms with E-state index in [1.807, 2.05) is 0 Å². The highest BCUT2D eigenvalue weighted by molar-refractivity contribution is 8.24. The molecular formula is C13H10N2O5S2. The monoisotopic (exact) mass is 338 g/mol. The Kier molecular flexibility index (Phi) is 3.83. The number of thioether (sulfide) groups is 1. The van der Waals surface area contributed by atoms with Crippen molar-refractivity contribution in [3.8, 4) is 0 Å². The zero-order valence-electron chi connectivity index (χ0n) is 11.1. The van der Waals surface area contributed by atoms with Gasteiger partial charge in [0, 0.05) is 12.1 Å². The van der Waals surface area contributed by atoms with Gasteiger partial charge in [0.1, 0.15) is 6.61 Å². The summed E-state index contributed by atoms with van der Waals surface area (Å²) in [7, 11) is 0. The molecule has 9 heteroatoms. The molecule has 1 aromatic carbocycles. The average Bonchev–Trinajstić information content (AvgIpc) is 2.76. The summed E-state index contributed by atoms with van der Waals surface area (Å²) in [6.07, 6.45) is 0.400. The number of nitrogens with zero attached hydrogens (tertiary/aromatic N) is 2. The van der Waals surface area contributed by atoms with Crippen LogP contribution in [0.3, 0.4) is 0 Å². The molecule has 2 heterocycles. The van der Waals surface area contributed by atoms with Gasteiger partial charge in [-0.15, -0.1) is 0 Å². The molecule has 2 fully saturated rings. The Hall–Kier alpha value is -2.00. The zero-order chi connectivity index (χ0) is 15.9. The van der Waals surface area contributed by atoms with Crippen molar-refractivity contribution in [2.45, 2.75) is 24.4 Å². The van der Waals surface area contributed by atoms with Crippen LogP contribution in [0.1, 0.15) is 12.0 Å². The van der Waals surface area contributed by atoms with E-state index in [2.05, 4.69) is 0 Å². The van der Waals surface area contributed by atoms with Crippen LogP contribution in [0.15, 0.2) is 24.3 Å². The summed E-state index contributed by atoms with van der Waals surface area (Å²) in [5.74, 6) is -0.666. The number of nitro benzene ring substituents is 1. The van der Waals surface area contributed by atoms with Gasteiger partial charge in [-0.1, -0.05) is 24.0 Å². The number of carbonyl (C=O) groups excluding carboxylic acids is 2. The number of β-lactam (4-membered cyclic amide) rings is 1. The van der Waals surface area contributed by atoms with Gasteiger partial charge < -0.3 is 9.64 Å². The smallest absolute Gasteiger partial charge is 0.335 e. The normalized spacial score (nSPS) is 23.0. The number of ether oxygens (including phenoxy) is 1. The predicted octanol–water partition coefficient (Wildman–Crippen LogP) is 1.64. The summed E-state index contributed by atoms with van der Waals surface area (Å²) >= 11 is 6.48. The van der Waals surface area contributed by atoms with Crippen molar-refractivity contribution < 1.29 is 19.2 Å². The number of benzene rings is 1. The molecule has 22 heavy (non-hydrogen) atoms. The Morgan fingerprint density at radius 2 is 2.14 bits per heavy atom. The van der Waals surface area contributed by atoms with E-state index >= 15 is 0 Å². The maximum absolute atomic E-state index is 12.1. The third kappa shape index (κ3) is 2.57. The second-order valence-corrected chi connectivity index (χ2v) is 6.75. The molecule has 2 atom stereocenters. The first-order valence-corrected chi connectivity index (χ1v) is 7.68. The van der Waals surface area contributed by atoms with Gasteiger partial charge in [-0.3, -0.25) is 14.9 Å². The van der Waals surface area contributed by atoms with Crippen molar-refractivity contribution in [2.75, 3.05) is 0 Å². The molecule has 2 aliphatic rings. The van der Waals surface area contributed by atoms with Gasteiger partial charge in [-0.2, -0.15) is 0 Å². The molecule has 0 saturated carbocycles. The molecule has 0 spiro atoms. The highest BCUT2D eigenvalue weighted by Gasteiger charge is 2.53. The standard InChI is InChI=1S/C13H10N2O5S2/c16-9-5-10-14(9)11(13(21)22-10)12(17)20-6-7-1-3-8(4-2-7)15(18)19/h1-4,10-11H,5-6H2/t10-,11?/m0/s1. The van der Waals surface area contributed by atoms with Crippen molar-refractivity contribution in [1.82, 2.24) is 4.90 Å². The summed E-state index contributed by atoms with van der Waals surface area (Å²) in [6.45, 7) is -0.0205. The molecule has 0 radical (unpaired) electrons. The molecule has 114 valence electrons. The van der Waals surface area contributed by atoms with Crippen LogP contribution in [0.4, 0.5) is 5.69 Å². The van der Waals surface area contributed by atoms with Crippen LogP contribution in [0, 0.1) is 10.1 Å². The number of carbonyl (C=O) groups is 2. The van der Waals surface area contributed by atoms with Gasteiger partial charge in [-0.05, 0) is 17.7 Å². The molecular weight excluding hydrogens is 328 g/mol. The lowest BCUT2D eigenvalue weighted by Gasteiger charge is -2.35. The topological polar surface area (TPSA) is 89.7 Å². The predicted molar refractivity (Wildman–Crippen MR) is 82.1 cm³/mol. The summed E-state index contributed by atoms with van der Waals surface area (Å²) in [4.78, 5) is 35.2. The minimum atomic E-state index is -0.802. The number of esters is 1. The van der Waals surface area contributed by atoms with Crippen molar-refractivity contribution in [1.29, 1.82) is 0 Å². The van der Waals surface area contributed by atoms with Gasteiger partial charge >= 0.3 is 5.97 Å². The number of amides is 1. The van der Waals surface area contributed by atoms with Crippen molar-refractivity contribution in [2.24, 2.45) is 0 Å². The van der Waals surface area contributed by atoms with Crippen LogP contribution in [-0.4, -0.2) is 37.3 Å². The molecule has 3 rings (SSSR count). The molecule has 0 N–H and O–H groups in total. The molecule has 2 aliphatic heterocycles. The number of non-ortho nitro benzene ring substituents is 1. The Labute approximate surface area is 134 Å². The summed E-state index contributed by atoms with van der Waals surface area (Å²) in [6, 6.07) is 4.92. The van der Waals surface area contributed by atoms with Crippen LogP contribution in [0.2, 0.25) is 0 Å². The van der Waals surface area contributed by atoms with Crippen LogP contribution in [-0.2, 0) is 20.9 Å². The third-order valence-corrected chi connectivity index (χ3v) is 5.09. The minimum absolute atomic E-state index is 0.0205. The second kappa shape index (κ2) is 5.65. The first-order valence-electron chi connectivity index (χ1n) is 6.39. The van der Waals surface area contributed by atoms with Crippen molar-refractivity contribution in [3.63, 3.8) is 0 Å². The lowest BCUT2D eigenvalue weighted by Crippen LogP contribution is -2.55. The third-order valence-electron chi connectivity index (χ3n) is 3.45. The van der Waals surface area contributed by atoms with Gasteiger partial charge in [0.15, 0.2) is 6.04 Å². The number of rotatable bonds is 4. The fraction of sp³-hybridized carbons (Fsp3) is 0.308. The highest BCUT2D eigenvalue weighted by atomic mass is 32.2. The number of fused-ring (bicyclic) bond motifs is 1. The van der Waals surface area contributed by atoms with Crippen LogP contribution in [0.25, 0.3) is 0 Å². The average molecular weight is 338 g/mol. The Balaban J connectivity index is 1.61. The lowest BCUT2D eigenvalue weighted by molar-refractivity contribution is -0.384. The summed E-state index contributed by atoms with van der Waals surface area (Å²) in [5.41, 5.74) is 0.597. The van der Waals surface area contributed by atoms with Crippen LogP contribution in [0.5, 0.6) is 0 Å². The largest absolute Gasteiger partial charge is 0.459 e. The number of hydrogen-bond donors (Lipinski definition) is 0. The molecule has 1 aromatic rings. The number of nitro groups is 1. The van der Waals surface area contributed by atoms with Gasteiger partial charge in [-0.25, -0.2) is 4.79 Å². The summed E-state index contributed by atoms with van der Waals surface area (Å²) < 4.78 is 5.63. The summed E-state index contributed by atoms with van der Waals surface area (Å²) in [5, 5.41) is 10.5. The minimum Gasteiger partial charge on any atom is -0.459 e. The molecule has 0 aliphatic carbocycles. The quantitative estimate of drug-likeness (QED) is 0.271. The number of hydrogen-bond acceptors (Lipinski definition) is 7. The molecule has 0 bridgehead atoms. The molecule has 1 unspecified atom stereocenters. The maximum atomic E-state index is 12.1. The maximum Gasteiger partial charge on any atom is 0.335 e. The van der Waals surface area contributed by atoms with E-state index in [9.17, 15) is 19.7 Å². The van der Waals surface area contributed by atoms with E-state index in [0.29, 0.717) is 16.2 Å². The zero-order valence-corrected chi connectivity index (χ0v) is 12.8. The van der Waals surface area contributed by atoms with E-state index < -0.39 is 16.9 Å². The fourth-order valence-corrected chi connectivity index (χ4v) is 4.01. The highest BCUT2D eigenvalue weighted by Crippen LogP contribution is 2.41. The SMILES string of the molecule is O=C(OCc1ccc([N+](=O)[O-])cc1)C1C(=S)S[C@H]2CC(=O)N12. The van der Waals surface area contributed by atoms with Crippen molar-refractivity contribution >= 4 is 45.7 Å². The van der Waals surface area contributed by atoms with E-state index in [1.54, 1.807) is 0 Å². The Morgan fingerprint density at radius 3 is 2.73 bits per heavy atom. The number of thiocarbonyl (C=S) groups is 1. The van der Waals surface area contributed by atoms with E-state index in [-0.39, 0.29) is 23.6 Å². The lowest BCUT2D eigenvalue weighted by atomic mass is 10.1. The van der Waals surface area contributed by atoms with Crippen LogP contribution < -0.4 is 0 Å². The molecule has 1 amide bonds. The fourth-order valence-electron chi connectivity index (χ4n) is 2.28. The van der Waals surface area contributed by atoms with Gasteiger partial charge in [0.25, 0.3) is 5.69 Å². The van der Waals surface area contributed by atoms with Gasteiger partial charge in [0.05, 0.1) is 20.9 Å². The molecule has 0 aromatic heterocycles. The van der Waals surface area contributed by atoms with Crippen molar-refractivity contribution in [3.05, 3.63) is 39.9 Å². The van der Waals surface area contributed by atoms with E-state index in [1.165, 1.54) is 40.9 Å². The Morgan fingerprint density at radius 1 is 1.45 bits per heavy atom. The molecule has 2 saturated heterocycles. The first-order chi connectivity index (χ1) is 10.5. The Bertz CT molecular complexity index is 676. The molecule has 7 nitrogen and oxygen atoms in total. The van der Waals surface area contributed by atoms with Crippen LogP contribution >= 0.6 is 24.0 Å². The van der Waals surface area contributed by atoms with E-state index in [4.69, 9.17) is 17.0 Å². The van der Waals surface area contributed by atoms with Gasteiger partial charge in [0.2, 0.25) is 5.91 Å². The second-order valence-electron chi connectivity index (χ2n) is 4.83. The van der Waals surface area contributed by atoms with E-state index in [0.717, 1.165) is 0 Å².